The Morgan fingerprint density at radius 3 is 2.85 bits per heavy atom. The lowest BCUT2D eigenvalue weighted by atomic mass is 10.3. The van der Waals surface area contributed by atoms with E-state index < -0.39 is 12.8 Å². The molecule has 0 bridgehead atoms. The molecule has 0 aliphatic carbocycles. The molecule has 74 valence electrons. The van der Waals surface area contributed by atoms with E-state index in [4.69, 9.17) is 0 Å². The van der Waals surface area contributed by atoms with Gasteiger partial charge in [0.15, 0.2) is 5.34 Å². The third kappa shape index (κ3) is 8.52. The Hall–Kier alpha value is -1.39. The fourth-order valence-electron chi connectivity index (χ4n) is 0.671. The Kier molecular flexibility index (Phi) is 7.77. The van der Waals surface area contributed by atoms with Gasteiger partial charge in [0.05, 0.1) is 0 Å². The molecule has 5 nitrogen and oxygen atoms in total. The molecule has 0 aromatic rings. The van der Waals surface area contributed by atoms with Crippen molar-refractivity contribution >= 4 is 5.97 Å². The molecule has 0 unspecified atom stereocenters. The molecule has 0 fully saturated rings. The van der Waals surface area contributed by atoms with Crippen molar-refractivity contribution in [3.05, 3.63) is 17.1 Å². The Morgan fingerprint density at radius 1 is 1.46 bits per heavy atom. The lowest BCUT2D eigenvalue weighted by molar-refractivity contribution is -0.156. The quantitative estimate of drug-likeness (QED) is 0.152. The number of nitrogens with zero attached hydrogens (tertiary/aromatic N) is 1. The molecule has 13 heavy (non-hydrogen) atoms. The standard InChI is InChI=1S/C8H13NO4/c1-2-3-4-5-6-8(10)12-7-13-9-11/h3-4H,2,5-7H2,1H3/b4-3-. The second-order valence-corrected chi connectivity index (χ2v) is 2.26. The maximum Gasteiger partial charge on any atom is 0.309 e. The zero-order valence-electron chi connectivity index (χ0n) is 7.56. The van der Waals surface area contributed by atoms with Gasteiger partial charge in [-0.25, -0.2) is 0 Å². The minimum absolute atomic E-state index is 0.290. The average molecular weight is 187 g/mol. The molecule has 0 aromatic heterocycles. The van der Waals surface area contributed by atoms with E-state index in [9.17, 15) is 9.70 Å². The van der Waals surface area contributed by atoms with Gasteiger partial charge in [0, 0.05) is 6.42 Å². The fourth-order valence-corrected chi connectivity index (χ4v) is 0.671. The summed E-state index contributed by atoms with van der Waals surface area (Å²) in [6.07, 6.45) is 5.75. The molecule has 0 N–H and O–H groups in total. The summed E-state index contributed by atoms with van der Waals surface area (Å²) in [4.78, 5) is 24.2. The fraction of sp³-hybridized carbons (Fsp3) is 0.625. The Balaban J connectivity index is 3.29. The normalized spacial score (nSPS) is 9.92. The van der Waals surface area contributed by atoms with Gasteiger partial charge in [-0.05, 0) is 12.8 Å². The van der Waals surface area contributed by atoms with E-state index in [1.54, 1.807) is 0 Å². The largest absolute Gasteiger partial charge is 0.426 e. The van der Waals surface area contributed by atoms with Gasteiger partial charge in [-0.15, -0.1) is 4.91 Å². The van der Waals surface area contributed by atoms with Crippen molar-refractivity contribution in [1.82, 2.24) is 0 Å². The van der Waals surface area contributed by atoms with E-state index in [1.807, 2.05) is 19.1 Å². The molecular weight excluding hydrogens is 174 g/mol. The molecule has 0 saturated heterocycles. The van der Waals surface area contributed by atoms with E-state index in [0.717, 1.165) is 6.42 Å². The maximum absolute atomic E-state index is 10.8. The smallest absolute Gasteiger partial charge is 0.309 e. The number of esters is 1. The van der Waals surface area contributed by atoms with Crippen LogP contribution in [-0.4, -0.2) is 12.8 Å². The third-order valence-corrected chi connectivity index (χ3v) is 1.24. The number of hydrogen-bond donors (Lipinski definition) is 0. The van der Waals surface area contributed by atoms with E-state index in [-0.39, 0.29) is 0 Å². The molecule has 0 aliphatic rings. The summed E-state index contributed by atoms with van der Waals surface area (Å²) in [6, 6.07) is 0. The van der Waals surface area contributed by atoms with Crippen LogP contribution in [0.5, 0.6) is 0 Å². The van der Waals surface area contributed by atoms with Crippen LogP contribution in [0.1, 0.15) is 26.2 Å². The Morgan fingerprint density at radius 2 is 2.23 bits per heavy atom. The predicted octanol–water partition coefficient (Wildman–Crippen LogP) is 1.93. The van der Waals surface area contributed by atoms with E-state index in [2.05, 4.69) is 14.9 Å². The summed E-state index contributed by atoms with van der Waals surface area (Å²) in [7, 11) is 0. The summed E-state index contributed by atoms with van der Waals surface area (Å²) in [6.45, 7) is 1.61. The van der Waals surface area contributed by atoms with Crippen molar-refractivity contribution in [3.63, 3.8) is 0 Å². The number of carbonyl (C=O) groups is 1. The molecule has 0 spiro atoms. The van der Waals surface area contributed by atoms with Gasteiger partial charge in [0.2, 0.25) is 0 Å². The van der Waals surface area contributed by atoms with E-state index in [0.29, 0.717) is 12.8 Å². The summed E-state index contributed by atoms with van der Waals surface area (Å²) in [5.41, 5.74) is 0. The van der Waals surface area contributed by atoms with Gasteiger partial charge < -0.3 is 9.57 Å². The van der Waals surface area contributed by atoms with Crippen molar-refractivity contribution in [2.24, 2.45) is 5.34 Å². The SMILES string of the molecule is CC/C=C\CCC(=O)OCON=O. The highest BCUT2D eigenvalue weighted by molar-refractivity contribution is 5.69. The number of ether oxygens (including phenoxy) is 1. The van der Waals surface area contributed by atoms with Gasteiger partial charge in [-0.3, -0.25) is 4.79 Å². The summed E-state index contributed by atoms with van der Waals surface area (Å²) in [5, 5.41) is 2.08. The van der Waals surface area contributed by atoms with Crippen molar-refractivity contribution in [3.8, 4) is 0 Å². The second-order valence-electron chi connectivity index (χ2n) is 2.26. The molecule has 0 atom stereocenters. The number of rotatable bonds is 7. The van der Waals surface area contributed by atoms with Crippen molar-refractivity contribution in [2.75, 3.05) is 6.79 Å². The van der Waals surface area contributed by atoms with Gasteiger partial charge in [0.25, 0.3) is 6.79 Å². The Bertz CT molecular complexity index is 179. The lowest BCUT2D eigenvalue weighted by Gasteiger charge is -1.98. The van der Waals surface area contributed by atoms with Crippen LogP contribution in [0.15, 0.2) is 17.5 Å². The molecule has 0 heterocycles. The summed E-state index contributed by atoms with van der Waals surface area (Å²) < 4.78 is 4.47. The molecule has 5 heteroatoms. The molecular formula is C8H13NO4. The molecule has 0 radical (unpaired) electrons. The molecule has 0 saturated carbocycles. The van der Waals surface area contributed by atoms with Crippen LogP contribution in [0.25, 0.3) is 0 Å². The minimum atomic E-state index is -0.403. The van der Waals surface area contributed by atoms with Crippen LogP contribution in [-0.2, 0) is 14.4 Å². The molecule has 0 aliphatic heterocycles. The minimum Gasteiger partial charge on any atom is -0.426 e. The average Bonchev–Trinajstić information content (AvgIpc) is 2.13. The number of carbonyl (C=O) groups excluding carboxylic acids is 1. The Labute approximate surface area is 76.6 Å². The first-order valence-electron chi connectivity index (χ1n) is 4.06. The first-order valence-corrected chi connectivity index (χ1v) is 4.06. The van der Waals surface area contributed by atoms with E-state index >= 15 is 0 Å². The van der Waals surface area contributed by atoms with Crippen LogP contribution >= 0.6 is 0 Å². The third-order valence-electron chi connectivity index (χ3n) is 1.24. The highest BCUT2D eigenvalue weighted by Gasteiger charge is 1.99. The van der Waals surface area contributed by atoms with Crippen molar-refractivity contribution < 1.29 is 14.4 Å². The van der Waals surface area contributed by atoms with Crippen LogP contribution in [0.2, 0.25) is 0 Å². The monoisotopic (exact) mass is 187 g/mol. The van der Waals surface area contributed by atoms with Crippen LogP contribution in [0.4, 0.5) is 0 Å². The summed E-state index contributed by atoms with van der Waals surface area (Å²) in [5.74, 6) is -0.399. The predicted molar refractivity (Wildman–Crippen MR) is 46.5 cm³/mol. The summed E-state index contributed by atoms with van der Waals surface area (Å²) >= 11 is 0. The van der Waals surface area contributed by atoms with Gasteiger partial charge in [0.1, 0.15) is 0 Å². The molecule has 0 rings (SSSR count). The topological polar surface area (TPSA) is 65.0 Å². The van der Waals surface area contributed by atoms with Crippen molar-refractivity contribution in [1.29, 1.82) is 0 Å². The zero-order valence-corrected chi connectivity index (χ0v) is 7.56. The number of hydrogen-bond acceptors (Lipinski definition) is 5. The zero-order chi connectivity index (χ0) is 9.94. The van der Waals surface area contributed by atoms with Crippen LogP contribution in [0, 0.1) is 4.91 Å². The van der Waals surface area contributed by atoms with Gasteiger partial charge >= 0.3 is 5.97 Å². The first-order chi connectivity index (χ1) is 6.31. The maximum atomic E-state index is 10.8. The van der Waals surface area contributed by atoms with Gasteiger partial charge in [-0.1, -0.05) is 19.1 Å². The van der Waals surface area contributed by atoms with Crippen molar-refractivity contribution in [2.45, 2.75) is 26.2 Å². The second kappa shape index (κ2) is 8.70. The molecule has 0 amide bonds. The van der Waals surface area contributed by atoms with Crippen LogP contribution < -0.4 is 0 Å². The van der Waals surface area contributed by atoms with Gasteiger partial charge in [-0.2, -0.15) is 0 Å². The first kappa shape index (κ1) is 11.6. The molecule has 0 aromatic carbocycles. The highest BCUT2D eigenvalue weighted by Crippen LogP contribution is 1.95. The van der Waals surface area contributed by atoms with E-state index in [1.165, 1.54) is 0 Å². The lowest BCUT2D eigenvalue weighted by Crippen LogP contribution is -2.05. The number of allylic oxidation sites excluding steroid dienone is 2. The highest BCUT2D eigenvalue weighted by atomic mass is 16.8. The van der Waals surface area contributed by atoms with Crippen LogP contribution in [0.3, 0.4) is 0 Å².